The van der Waals surface area contributed by atoms with Gasteiger partial charge in [0, 0.05) is 78.6 Å². The van der Waals surface area contributed by atoms with Crippen LogP contribution in [0.15, 0.2) is 11.8 Å². The number of hydrogen-bond acceptors (Lipinski definition) is 15. The number of hydrogen-bond donors (Lipinski definition) is 14. The van der Waals surface area contributed by atoms with Crippen molar-refractivity contribution in [3.63, 3.8) is 0 Å². The number of carbonyl (C=O) groups is 1. The molecule has 0 aromatic rings. The highest BCUT2D eigenvalue weighted by molar-refractivity contribution is 5.83. The molecular formula is C27H59N15O. The summed E-state index contributed by atoms with van der Waals surface area (Å²) in [6, 6.07) is -2.42. The van der Waals surface area contributed by atoms with Crippen LogP contribution >= 0.6 is 0 Å². The highest BCUT2D eigenvalue weighted by Crippen LogP contribution is 2.40. The van der Waals surface area contributed by atoms with Gasteiger partial charge in [-0.15, -0.1) is 0 Å². The van der Waals surface area contributed by atoms with Gasteiger partial charge in [0.2, 0.25) is 5.91 Å². The monoisotopic (exact) mass is 610 g/mol. The Morgan fingerprint density at radius 3 is 2.37 bits per heavy atom. The number of hydrazine groups is 2. The SMILES string of the molecule is CN[C@@H]1[C@@H](N)[C@@H](N[C@@H]2[C@@H](N)[C@H](N[C@H]3NC(CN(CCN)NN)=CC[C@H]3N)[C@@H](N)C[C@H]2NC(=O)C2(C)CCC2)NC[C@]1(C)N. The first-order chi connectivity index (χ1) is 20.3. The van der Waals surface area contributed by atoms with Gasteiger partial charge < -0.3 is 50.4 Å². The maximum absolute atomic E-state index is 13.4. The molecule has 1 saturated heterocycles. The van der Waals surface area contributed by atoms with Crippen molar-refractivity contribution in [3.8, 4) is 0 Å². The molecule has 16 nitrogen and oxygen atoms in total. The van der Waals surface area contributed by atoms with Crippen LogP contribution in [0.5, 0.6) is 0 Å². The fraction of sp³-hybridized carbons (Fsp3) is 0.889. The summed E-state index contributed by atoms with van der Waals surface area (Å²) in [4.78, 5) is 13.4. The van der Waals surface area contributed by atoms with Gasteiger partial charge in [-0.05, 0) is 39.7 Å². The smallest absolute Gasteiger partial charge is 0.226 e. The summed E-state index contributed by atoms with van der Waals surface area (Å²) in [6.45, 7) is 6.15. The van der Waals surface area contributed by atoms with E-state index in [0.29, 0.717) is 39.0 Å². The number of likely N-dealkylation sites (N-methyl/N-ethyl adjacent to an activating group) is 1. The minimum Gasteiger partial charge on any atom is -0.371 e. The molecule has 0 spiro atoms. The summed E-state index contributed by atoms with van der Waals surface area (Å²) in [5.74, 6) is 5.72. The molecule has 4 rings (SSSR count). The van der Waals surface area contributed by atoms with Crippen LogP contribution in [-0.4, -0.2) is 110 Å². The lowest BCUT2D eigenvalue weighted by atomic mass is 9.69. The van der Waals surface area contributed by atoms with E-state index in [2.05, 4.69) is 43.5 Å². The molecule has 2 saturated carbocycles. The Morgan fingerprint density at radius 1 is 1.07 bits per heavy atom. The van der Waals surface area contributed by atoms with Crippen LogP contribution in [0.3, 0.4) is 0 Å². The Morgan fingerprint density at radius 2 is 1.77 bits per heavy atom. The lowest BCUT2D eigenvalue weighted by Gasteiger charge is -2.52. The van der Waals surface area contributed by atoms with Crippen LogP contribution in [0.25, 0.3) is 0 Å². The number of piperidine rings is 1. The van der Waals surface area contributed by atoms with E-state index in [1.54, 1.807) is 0 Å². The molecule has 11 atom stereocenters. The maximum Gasteiger partial charge on any atom is 0.226 e. The Kier molecular flexibility index (Phi) is 11.4. The second kappa shape index (κ2) is 14.3. The fourth-order valence-electron chi connectivity index (χ4n) is 7.17. The molecule has 3 fully saturated rings. The molecule has 2 aliphatic carbocycles. The molecule has 0 aromatic heterocycles. The maximum atomic E-state index is 13.4. The van der Waals surface area contributed by atoms with Crippen LogP contribution in [0.2, 0.25) is 0 Å². The number of nitrogens with two attached hydrogens (primary N) is 7. The Balaban J connectivity index is 1.51. The van der Waals surface area contributed by atoms with E-state index >= 15 is 0 Å². The Bertz CT molecular complexity index is 961. The molecule has 2 aliphatic heterocycles. The van der Waals surface area contributed by atoms with Crippen molar-refractivity contribution in [2.75, 3.05) is 33.2 Å². The van der Waals surface area contributed by atoms with Crippen LogP contribution in [0.1, 0.15) is 46.0 Å². The first-order valence-electron chi connectivity index (χ1n) is 15.7. The van der Waals surface area contributed by atoms with E-state index in [4.69, 9.17) is 40.2 Å². The van der Waals surface area contributed by atoms with E-state index in [0.717, 1.165) is 25.0 Å². The fourth-order valence-corrected chi connectivity index (χ4v) is 7.17. The van der Waals surface area contributed by atoms with Crippen molar-refractivity contribution < 1.29 is 4.79 Å². The first-order valence-corrected chi connectivity index (χ1v) is 15.7. The molecule has 4 aliphatic rings. The lowest BCUT2D eigenvalue weighted by Crippen LogP contribution is -2.81. The van der Waals surface area contributed by atoms with Crippen molar-refractivity contribution >= 4 is 5.91 Å². The molecule has 2 heterocycles. The molecule has 248 valence electrons. The summed E-state index contributed by atoms with van der Waals surface area (Å²) < 4.78 is 0. The van der Waals surface area contributed by atoms with Gasteiger partial charge >= 0.3 is 0 Å². The van der Waals surface area contributed by atoms with Gasteiger partial charge in [-0.25, -0.2) is 5.01 Å². The zero-order valence-corrected chi connectivity index (χ0v) is 26.1. The number of nitrogens with one attached hydrogen (secondary N) is 7. The molecule has 0 radical (unpaired) electrons. The van der Waals surface area contributed by atoms with E-state index < -0.39 is 11.6 Å². The Hall–Kier alpha value is -1.51. The normalized spacial score (nSPS) is 41.2. The molecule has 1 amide bonds. The third kappa shape index (κ3) is 7.66. The predicted octanol–water partition coefficient (Wildman–Crippen LogP) is -5.63. The second-order valence-corrected chi connectivity index (χ2v) is 13.7. The molecule has 0 unspecified atom stereocenters. The van der Waals surface area contributed by atoms with E-state index in [1.165, 1.54) is 0 Å². The van der Waals surface area contributed by atoms with Crippen molar-refractivity contribution in [3.05, 3.63) is 11.8 Å². The average Bonchev–Trinajstić information content (AvgIpc) is 2.94. The van der Waals surface area contributed by atoms with Crippen molar-refractivity contribution in [1.82, 2.24) is 42.4 Å². The van der Waals surface area contributed by atoms with E-state index in [-0.39, 0.29) is 65.9 Å². The summed E-state index contributed by atoms with van der Waals surface area (Å²) in [5.41, 5.74) is 42.2. The molecule has 16 heteroatoms. The summed E-state index contributed by atoms with van der Waals surface area (Å²) in [5, 5.41) is 22.8. The summed E-state index contributed by atoms with van der Waals surface area (Å²) in [6.07, 6.45) is 5.52. The second-order valence-electron chi connectivity index (χ2n) is 13.7. The molecule has 0 aromatic carbocycles. The van der Waals surface area contributed by atoms with Gasteiger partial charge in [0.05, 0.1) is 24.9 Å². The van der Waals surface area contributed by atoms with Gasteiger partial charge in [-0.2, -0.15) is 5.53 Å². The largest absolute Gasteiger partial charge is 0.371 e. The first kappa shape index (κ1) is 34.4. The number of amides is 1. The number of rotatable bonds is 12. The quantitative estimate of drug-likeness (QED) is 0.0725. The van der Waals surface area contributed by atoms with Crippen molar-refractivity contribution in [2.24, 2.45) is 45.7 Å². The van der Waals surface area contributed by atoms with Gasteiger partial charge in [0.25, 0.3) is 0 Å². The Labute approximate surface area is 256 Å². The third-order valence-electron chi connectivity index (χ3n) is 10.2. The summed E-state index contributed by atoms with van der Waals surface area (Å²) >= 11 is 0. The standard InChI is InChI=1S/C27H59N15O/c1-26(7-4-8-26)25(43)38-17-11-16(30)20(39-23-15(29)6-5-14(37-23)12-42(41-34)10-9-28)18(31)21(17)40-24-19(32)22(35-3)27(2,33)13-36-24/h5,15-24,35-37,39-41H,4,6-13,28-34H2,1-3H3,(H,38,43)/t15-,16+,17-,18+,19-,20-,21+,22-,23-,24-,27+/m1/s1. The lowest BCUT2D eigenvalue weighted by molar-refractivity contribution is -0.136. The molecule has 43 heavy (non-hydrogen) atoms. The average molecular weight is 610 g/mol. The van der Waals surface area contributed by atoms with Crippen molar-refractivity contribution in [2.45, 2.75) is 112 Å². The highest BCUT2D eigenvalue weighted by atomic mass is 16.2. The van der Waals surface area contributed by atoms with Crippen LogP contribution < -0.4 is 77.7 Å². The zero-order chi connectivity index (χ0) is 31.5. The number of carbonyl (C=O) groups excluding carboxylic acids is 1. The number of nitrogens with zero attached hydrogens (tertiary/aromatic N) is 1. The third-order valence-corrected chi connectivity index (χ3v) is 10.2. The summed E-state index contributed by atoms with van der Waals surface area (Å²) in [7, 11) is 1.87. The molecular weight excluding hydrogens is 550 g/mol. The van der Waals surface area contributed by atoms with Crippen LogP contribution in [0, 0.1) is 5.41 Å². The molecule has 21 N–H and O–H groups in total. The zero-order valence-electron chi connectivity index (χ0n) is 26.1. The van der Waals surface area contributed by atoms with Gasteiger partial charge in [-0.1, -0.05) is 19.4 Å². The minimum absolute atomic E-state index is 0.0474. The highest BCUT2D eigenvalue weighted by Gasteiger charge is 2.49. The van der Waals surface area contributed by atoms with Crippen LogP contribution in [0.4, 0.5) is 0 Å². The van der Waals surface area contributed by atoms with Gasteiger partial charge in [-0.3, -0.25) is 26.6 Å². The topological polar surface area (TPSA) is 287 Å². The van der Waals surface area contributed by atoms with Gasteiger partial charge in [0.15, 0.2) is 0 Å². The molecule has 0 bridgehead atoms. The van der Waals surface area contributed by atoms with Gasteiger partial charge in [0.1, 0.15) is 0 Å². The van der Waals surface area contributed by atoms with E-state index in [1.807, 2.05) is 25.9 Å². The van der Waals surface area contributed by atoms with Crippen molar-refractivity contribution in [1.29, 1.82) is 0 Å². The predicted molar refractivity (Wildman–Crippen MR) is 169 cm³/mol. The minimum atomic E-state index is -0.535. The van der Waals surface area contributed by atoms with Crippen LogP contribution in [-0.2, 0) is 4.79 Å². The van der Waals surface area contributed by atoms with E-state index in [9.17, 15) is 4.79 Å².